The van der Waals surface area contributed by atoms with E-state index in [4.69, 9.17) is 10.5 Å². The quantitative estimate of drug-likeness (QED) is 0.0632. The summed E-state index contributed by atoms with van der Waals surface area (Å²) in [6.07, 6.45) is 0.880. The van der Waals surface area contributed by atoms with Crippen LogP contribution >= 0.6 is 11.3 Å². The molecule has 6 atom stereocenters. The van der Waals surface area contributed by atoms with Gasteiger partial charge in [-0.25, -0.2) is 4.98 Å². The van der Waals surface area contributed by atoms with Gasteiger partial charge in [0, 0.05) is 49.3 Å². The van der Waals surface area contributed by atoms with Crippen molar-refractivity contribution in [2.75, 3.05) is 6.54 Å². The third kappa shape index (κ3) is 16.3. The number of aromatic nitrogens is 1. The first kappa shape index (κ1) is 56.8. The molecule has 1 fully saturated rings. The number of carbonyl (C=O) groups is 5. The van der Waals surface area contributed by atoms with Gasteiger partial charge in [0.1, 0.15) is 17.9 Å². The zero-order chi connectivity index (χ0) is 50.7. The van der Waals surface area contributed by atoms with Crippen molar-refractivity contribution in [2.45, 2.75) is 157 Å². The number of amides is 4. The maximum atomic E-state index is 13.0. The summed E-state index contributed by atoms with van der Waals surface area (Å²) in [4.78, 5) is 69.2. The number of likely N-dealkylation sites (tertiary alicyclic amines) is 1. The largest absolute Gasteiger partial charge is 0.491 e. The molecule has 0 radical (unpaired) electrons. The van der Waals surface area contributed by atoms with Gasteiger partial charge in [-0.2, -0.15) is 0 Å². The van der Waals surface area contributed by atoms with E-state index in [1.54, 1.807) is 28.1 Å². The van der Waals surface area contributed by atoms with Crippen molar-refractivity contribution in [1.29, 1.82) is 0 Å². The van der Waals surface area contributed by atoms with Crippen LogP contribution in [0.5, 0.6) is 5.75 Å². The highest BCUT2D eigenvalue weighted by molar-refractivity contribution is 7.13. The van der Waals surface area contributed by atoms with Crippen molar-refractivity contribution < 1.29 is 38.9 Å². The fraction of sp³-hybridized carbons (Fsp3) is 0.509. The Hall–Kier alpha value is -5.48. The van der Waals surface area contributed by atoms with E-state index < -0.39 is 36.2 Å². The third-order valence-electron chi connectivity index (χ3n) is 11.5. The highest BCUT2D eigenvalue weighted by Crippen LogP contribution is 2.33. The molecular formula is C53H76N6O8S. The zero-order valence-corrected chi connectivity index (χ0v) is 42.7. The number of aliphatic hydroxyl groups excluding tert-OH is 2. The minimum absolute atomic E-state index is 0.0128. The number of benzene rings is 3. The molecule has 6 N–H and O–H groups in total. The van der Waals surface area contributed by atoms with Crippen LogP contribution in [-0.4, -0.2) is 104 Å². The zero-order valence-electron chi connectivity index (χ0n) is 41.9. The van der Waals surface area contributed by atoms with E-state index in [-0.39, 0.29) is 41.6 Å². The van der Waals surface area contributed by atoms with E-state index in [2.05, 4.69) is 15.6 Å². The van der Waals surface area contributed by atoms with E-state index in [1.807, 2.05) is 148 Å². The number of aliphatic hydroxyl groups is 2. The van der Waals surface area contributed by atoms with Crippen LogP contribution in [0.15, 0.2) is 78.3 Å². The summed E-state index contributed by atoms with van der Waals surface area (Å²) in [5.41, 5.74) is 13.5. The summed E-state index contributed by atoms with van der Waals surface area (Å²) in [7, 11) is 0. The van der Waals surface area contributed by atoms with Crippen LogP contribution < -0.4 is 21.1 Å². The lowest BCUT2D eigenvalue weighted by molar-refractivity contribution is -0.138. The van der Waals surface area contributed by atoms with Crippen molar-refractivity contribution in [3.05, 3.63) is 106 Å². The SMILES string of the molecule is CC.CC(C)C(C(=O)N1CC(O)CC1C)N1Cc2ccccc2C1=O.CCC(=O)C(CC(C)C)NC(=O)C(O)C(N)Cc1ccccc1.Cc1ncsc1-c1ccc(CNC=O)c(OC(C)C)c1. The second kappa shape index (κ2) is 28.1. The number of β-amino-alcohol motifs (C(OH)–C–C–N with tert-alkyl or cyclic N) is 1. The first-order valence-corrected chi connectivity index (χ1v) is 24.8. The number of nitrogens with two attached hydrogens (primary N) is 1. The van der Waals surface area contributed by atoms with E-state index >= 15 is 0 Å². The maximum Gasteiger partial charge on any atom is 0.255 e. The molecule has 4 aromatic rings. The van der Waals surface area contributed by atoms with Crippen LogP contribution in [0.1, 0.15) is 121 Å². The van der Waals surface area contributed by atoms with Crippen molar-refractivity contribution >= 4 is 41.3 Å². The standard InChI is InChI=1S/C18H24N2O3.C18H28N2O3.C15H18N2O2S.C2H6/c1-11(2)16(18(23)19-10-14(21)8-12(19)3)20-9-13-6-4-5-7-15(13)17(20)22;1-4-16(21)15(10-12(2)3)20-18(23)17(22)14(19)11-13-8-6-5-7-9-13;1-10(2)19-14-6-12(15-11(3)17-9-20-15)4-5-13(14)7-16-8-18;1-2/h4-7,11-12,14,16,21H,8-10H2,1-3H3;5-9,12,14-15,17,22H,4,10-11,19H2,1-3H3,(H,20,23);4-6,8-10H,7H2,1-3H3,(H,16,18);1-2H3. The van der Waals surface area contributed by atoms with E-state index in [9.17, 15) is 34.2 Å². The number of nitrogens with one attached hydrogen (secondary N) is 2. The lowest BCUT2D eigenvalue weighted by atomic mass is 9.97. The second-order valence-electron chi connectivity index (χ2n) is 18.1. The molecule has 6 rings (SSSR count). The van der Waals surface area contributed by atoms with Gasteiger partial charge in [-0.15, -0.1) is 11.3 Å². The summed E-state index contributed by atoms with van der Waals surface area (Å²) >= 11 is 1.62. The molecule has 0 saturated carbocycles. The van der Waals surface area contributed by atoms with Gasteiger partial charge in [-0.05, 0) is 87.6 Å². The number of carbonyl (C=O) groups excluding carboxylic acids is 5. The van der Waals surface area contributed by atoms with Gasteiger partial charge in [-0.1, -0.05) is 109 Å². The number of aryl methyl sites for hydroxylation is 1. The summed E-state index contributed by atoms with van der Waals surface area (Å²) in [6.45, 7) is 22.9. The summed E-state index contributed by atoms with van der Waals surface area (Å²) in [5, 5.41) is 25.3. The predicted molar refractivity (Wildman–Crippen MR) is 270 cm³/mol. The number of hydrogen-bond acceptors (Lipinski definition) is 11. The molecule has 2 aliphatic heterocycles. The average molecular weight is 957 g/mol. The molecule has 1 aromatic heterocycles. The van der Waals surface area contributed by atoms with Crippen LogP contribution in [-0.2, 0) is 38.7 Å². The minimum Gasteiger partial charge on any atom is -0.491 e. The van der Waals surface area contributed by atoms with E-state index in [1.165, 1.54) is 0 Å². The average Bonchev–Trinajstić information content (AvgIpc) is 4.00. The Balaban J connectivity index is 0.000000266. The smallest absolute Gasteiger partial charge is 0.255 e. The van der Waals surface area contributed by atoms with Gasteiger partial charge in [0.2, 0.25) is 12.3 Å². The number of ether oxygens (including phenoxy) is 1. The first-order chi connectivity index (χ1) is 32.4. The van der Waals surface area contributed by atoms with Crippen LogP contribution in [0, 0.1) is 18.8 Å². The van der Waals surface area contributed by atoms with Crippen LogP contribution in [0.3, 0.4) is 0 Å². The van der Waals surface area contributed by atoms with Crippen LogP contribution in [0.25, 0.3) is 10.4 Å². The highest BCUT2D eigenvalue weighted by atomic mass is 32.1. The molecule has 0 bridgehead atoms. The number of thiazole rings is 1. The Morgan fingerprint density at radius 1 is 1.00 bits per heavy atom. The molecular weight excluding hydrogens is 881 g/mol. The second-order valence-corrected chi connectivity index (χ2v) is 18.9. The van der Waals surface area contributed by atoms with Gasteiger partial charge >= 0.3 is 0 Å². The number of rotatable bonds is 18. The maximum absolute atomic E-state index is 13.0. The van der Waals surface area contributed by atoms with Crippen molar-refractivity contribution in [3.63, 3.8) is 0 Å². The van der Waals surface area contributed by atoms with Gasteiger partial charge in [-0.3, -0.25) is 24.0 Å². The van der Waals surface area contributed by atoms with Crippen molar-refractivity contribution in [3.8, 4) is 16.2 Å². The molecule has 0 spiro atoms. The molecule has 3 heterocycles. The molecule has 6 unspecified atom stereocenters. The Morgan fingerprint density at radius 2 is 1.66 bits per heavy atom. The Kier molecular flexibility index (Phi) is 23.5. The van der Waals surface area contributed by atoms with Crippen LogP contribution in [0.2, 0.25) is 0 Å². The monoisotopic (exact) mass is 957 g/mol. The number of nitrogens with zero attached hydrogens (tertiary/aromatic N) is 3. The van der Waals surface area contributed by atoms with E-state index in [0.29, 0.717) is 57.3 Å². The number of hydrogen-bond donors (Lipinski definition) is 5. The molecule has 2 aliphatic rings. The predicted octanol–water partition coefficient (Wildman–Crippen LogP) is 7.25. The summed E-state index contributed by atoms with van der Waals surface area (Å²) in [6, 6.07) is 21.3. The highest BCUT2D eigenvalue weighted by Gasteiger charge is 2.42. The molecule has 0 aliphatic carbocycles. The molecule has 1 saturated heterocycles. The fourth-order valence-corrected chi connectivity index (χ4v) is 8.94. The number of ketones is 1. The minimum atomic E-state index is -1.34. The summed E-state index contributed by atoms with van der Waals surface area (Å²) in [5.74, 6) is 0.360. The Labute approximate surface area is 408 Å². The molecule has 15 heteroatoms. The first-order valence-electron chi connectivity index (χ1n) is 23.9. The van der Waals surface area contributed by atoms with E-state index in [0.717, 1.165) is 38.6 Å². The van der Waals surface area contributed by atoms with Gasteiger partial charge in [0.25, 0.3) is 11.8 Å². The molecule has 68 heavy (non-hydrogen) atoms. The Bertz CT molecular complexity index is 2210. The van der Waals surface area contributed by atoms with Crippen molar-refractivity contribution in [1.82, 2.24) is 25.4 Å². The molecule has 14 nitrogen and oxygen atoms in total. The van der Waals surface area contributed by atoms with Crippen molar-refractivity contribution in [2.24, 2.45) is 17.6 Å². The normalized spacial score (nSPS) is 16.8. The Morgan fingerprint density at radius 3 is 2.21 bits per heavy atom. The lowest BCUT2D eigenvalue weighted by Crippen LogP contribution is -2.52. The van der Waals surface area contributed by atoms with Gasteiger partial charge in [0.15, 0.2) is 5.78 Å². The number of Topliss-reactive ketones (excluding diaryl/α,β-unsaturated/α-hetero) is 1. The topological polar surface area (TPSA) is 204 Å². The molecule has 3 aromatic carbocycles. The molecule has 4 amide bonds. The fourth-order valence-electron chi connectivity index (χ4n) is 8.13. The summed E-state index contributed by atoms with van der Waals surface area (Å²) < 4.78 is 5.85. The van der Waals surface area contributed by atoms with Crippen LogP contribution in [0.4, 0.5) is 0 Å². The molecule has 372 valence electrons. The third-order valence-corrected chi connectivity index (χ3v) is 12.4. The van der Waals surface area contributed by atoms with Gasteiger partial charge in [0.05, 0.1) is 34.3 Å². The lowest BCUT2D eigenvalue weighted by Gasteiger charge is -2.34. The van der Waals surface area contributed by atoms with Gasteiger partial charge < -0.3 is 41.1 Å². The number of fused-ring (bicyclic) bond motifs is 1.